The van der Waals surface area contributed by atoms with Crippen LogP contribution in [0.25, 0.3) is 0 Å². The molecule has 0 amide bonds. The van der Waals surface area contributed by atoms with Crippen molar-refractivity contribution in [1.82, 2.24) is 0 Å². The average Bonchev–Trinajstić information content (AvgIpc) is 3.53. The molecule has 10 saturated carbocycles. The standard InChI is InChI=1S/C49H80/c1-2-10-32(11-3-1)41-25-42(39-20-18-33-12-4-6-14-35(33)22-39)27-44(26-41)47-29-43(40-21-19-34-13-5-7-15-36(34)23-40)30-48-46-28-38-17-9-8-16-37(38)24-45(46)31-49(47)48/h32-49H,1-31H2. The van der Waals surface area contributed by atoms with Gasteiger partial charge in [-0.15, -0.1) is 0 Å². The zero-order valence-electron chi connectivity index (χ0n) is 32.3. The van der Waals surface area contributed by atoms with Crippen LogP contribution in [-0.4, -0.2) is 0 Å². The molecule has 10 aliphatic carbocycles. The molecule has 0 aromatic carbocycles. The molecule has 0 spiro atoms. The molecule has 17 unspecified atom stereocenters. The second-order valence-corrected chi connectivity index (χ2v) is 22.3. The van der Waals surface area contributed by atoms with Crippen molar-refractivity contribution in [3.05, 3.63) is 0 Å². The molecule has 0 heterocycles. The molecular weight excluding hydrogens is 589 g/mol. The Morgan fingerprint density at radius 3 is 0.959 bits per heavy atom. The topological polar surface area (TPSA) is 0 Å². The van der Waals surface area contributed by atoms with Gasteiger partial charge >= 0.3 is 0 Å². The van der Waals surface area contributed by atoms with Gasteiger partial charge in [-0.3, -0.25) is 0 Å². The maximum atomic E-state index is 1.71. The van der Waals surface area contributed by atoms with Crippen LogP contribution in [0, 0.1) is 107 Å². The van der Waals surface area contributed by atoms with Crippen molar-refractivity contribution in [2.75, 3.05) is 0 Å². The van der Waals surface area contributed by atoms with Crippen LogP contribution in [-0.2, 0) is 0 Å². The van der Waals surface area contributed by atoms with E-state index in [4.69, 9.17) is 0 Å². The zero-order chi connectivity index (χ0) is 32.3. The van der Waals surface area contributed by atoms with Crippen molar-refractivity contribution in [2.24, 2.45) is 107 Å². The summed E-state index contributed by atoms with van der Waals surface area (Å²) < 4.78 is 0. The van der Waals surface area contributed by atoms with Crippen LogP contribution in [0.3, 0.4) is 0 Å². The molecule has 0 radical (unpaired) electrons. The fraction of sp³-hybridized carbons (Fsp3) is 1.00. The maximum Gasteiger partial charge on any atom is -0.0349 e. The van der Waals surface area contributed by atoms with Gasteiger partial charge in [-0.05, 0) is 196 Å². The van der Waals surface area contributed by atoms with Crippen molar-refractivity contribution in [2.45, 2.75) is 199 Å². The highest BCUT2D eigenvalue weighted by Crippen LogP contribution is 2.65. The van der Waals surface area contributed by atoms with Crippen LogP contribution in [0.15, 0.2) is 0 Å². The lowest BCUT2D eigenvalue weighted by atomic mass is 9.52. The summed E-state index contributed by atoms with van der Waals surface area (Å²) in [5.74, 6) is 20.2. The fourth-order valence-corrected chi connectivity index (χ4v) is 18.2. The van der Waals surface area contributed by atoms with Gasteiger partial charge in [0.25, 0.3) is 0 Å². The maximum absolute atomic E-state index is 1.71. The second-order valence-electron chi connectivity index (χ2n) is 22.3. The van der Waals surface area contributed by atoms with Crippen molar-refractivity contribution in [3.8, 4) is 0 Å². The highest BCUT2D eigenvalue weighted by atomic mass is 14.6. The Hall–Kier alpha value is 0. The second kappa shape index (κ2) is 14.7. The molecule has 17 atom stereocenters. The predicted octanol–water partition coefficient (Wildman–Crippen LogP) is 14.3. The Bertz CT molecular complexity index is 1080. The van der Waals surface area contributed by atoms with Crippen LogP contribution < -0.4 is 0 Å². The molecule has 0 nitrogen and oxygen atoms in total. The smallest absolute Gasteiger partial charge is 0.0349 e. The summed E-state index contributed by atoms with van der Waals surface area (Å²) in [6, 6.07) is 0. The highest BCUT2D eigenvalue weighted by molar-refractivity contribution is 5.06. The third kappa shape index (κ3) is 6.71. The lowest BCUT2D eigenvalue weighted by Gasteiger charge is -2.53. The first kappa shape index (κ1) is 33.6. The molecule has 276 valence electrons. The van der Waals surface area contributed by atoms with Gasteiger partial charge < -0.3 is 0 Å². The molecule has 0 aromatic heterocycles. The SMILES string of the molecule is C1CCC(C2CC(C3CCC4CCCCC4C3)CC(C3CC(C4CCC5CCCCC5C4)CC4C5CC6CCCCC6CC5CC34)C2)CC1. The van der Waals surface area contributed by atoms with E-state index < -0.39 is 0 Å². The van der Waals surface area contributed by atoms with Crippen LogP contribution in [0.4, 0.5) is 0 Å². The minimum absolute atomic E-state index is 1.11. The summed E-state index contributed by atoms with van der Waals surface area (Å²) in [5.41, 5.74) is 0. The van der Waals surface area contributed by atoms with E-state index in [0.717, 1.165) is 107 Å². The van der Waals surface area contributed by atoms with Crippen LogP contribution >= 0.6 is 0 Å². The summed E-state index contributed by atoms with van der Waals surface area (Å²) in [6.07, 6.45) is 50.3. The van der Waals surface area contributed by atoms with Crippen molar-refractivity contribution >= 4 is 0 Å². The molecule has 10 rings (SSSR count). The lowest BCUT2D eigenvalue weighted by Crippen LogP contribution is -2.44. The average molecular weight is 669 g/mol. The van der Waals surface area contributed by atoms with Gasteiger partial charge in [0.2, 0.25) is 0 Å². The molecule has 49 heavy (non-hydrogen) atoms. The number of hydrogen-bond donors (Lipinski definition) is 0. The van der Waals surface area contributed by atoms with Crippen LogP contribution in [0.1, 0.15) is 199 Å². The minimum atomic E-state index is 1.11. The van der Waals surface area contributed by atoms with E-state index >= 15 is 0 Å². The fourth-order valence-electron chi connectivity index (χ4n) is 18.2. The van der Waals surface area contributed by atoms with E-state index in [9.17, 15) is 0 Å². The largest absolute Gasteiger partial charge is 0.0533 e. The van der Waals surface area contributed by atoms with Crippen molar-refractivity contribution in [1.29, 1.82) is 0 Å². The third-order valence-electron chi connectivity index (χ3n) is 20.5. The Morgan fingerprint density at radius 2 is 0.388 bits per heavy atom. The first-order chi connectivity index (χ1) is 24.2. The molecule has 0 heteroatoms. The zero-order valence-corrected chi connectivity index (χ0v) is 32.3. The van der Waals surface area contributed by atoms with E-state index in [1.54, 1.807) is 199 Å². The van der Waals surface area contributed by atoms with Crippen LogP contribution in [0.5, 0.6) is 0 Å². The van der Waals surface area contributed by atoms with Gasteiger partial charge in [-0.2, -0.15) is 0 Å². The molecule has 10 aliphatic rings. The Kier molecular flexibility index (Phi) is 10.1. The van der Waals surface area contributed by atoms with E-state index in [2.05, 4.69) is 0 Å². The molecule has 0 aromatic rings. The van der Waals surface area contributed by atoms with Crippen molar-refractivity contribution < 1.29 is 0 Å². The quantitative estimate of drug-likeness (QED) is 0.280. The van der Waals surface area contributed by atoms with Gasteiger partial charge in [0.15, 0.2) is 0 Å². The van der Waals surface area contributed by atoms with E-state index in [1.807, 2.05) is 0 Å². The summed E-state index contributed by atoms with van der Waals surface area (Å²) in [5, 5.41) is 0. The van der Waals surface area contributed by atoms with Crippen molar-refractivity contribution in [3.63, 3.8) is 0 Å². The molecular formula is C49H80. The monoisotopic (exact) mass is 669 g/mol. The predicted molar refractivity (Wildman–Crippen MR) is 206 cm³/mol. The van der Waals surface area contributed by atoms with Gasteiger partial charge in [0.1, 0.15) is 0 Å². The number of hydrogen-bond acceptors (Lipinski definition) is 0. The Morgan fingerprint density at radius 1 is 0.143 bits per heavy atom. The summed E-state index contributed by atoms with van der Waals surface area (Å²) in [7, 11) is 0. The lowest BCUT2D eigenvalue weighted by molar-refractivity contribution is -0.0313. The molecule has 0 bridgehead atoms. The first-order valence-electron chi connectivity index (χ1n) is 24.2. The van der Waals surface area contributed by atoms with E-state index in [-0.39, 0.29) is 0 Å². The normalized spacial score (nSPS) is 53.8. The van der Waals surface area contributed by atoms with Gasteiger partial charge in [-0.25, -0.2) is 0 Å². The molecule has 0 saturated heterocycles. The first-order valence-corrected chi connectivity index (χ1v) is 24.2. The van der Waals surface area contributed by atoms with E-state index in [0.29, 0.717) is 0 Å². The van der Waals surface area contributed by atoms with Gasteiger partial charge in [-0.1, -0.05) is 109 Å². The minimum Gasteiger partial charge on any atom is -0.0533 e. The Labute approximate surface area is 304 Å². The molecule has 0 aliphatic heterocycles. The number of rotatable bonds is 4. The highest BCUT2D eigenvalue weighted by Gasteiger charge is 2.56. The van der Waals surface area contributed by atoms with E-state index in [1.165, 1.54) is 0 Å². The molecule has 0 N–H and O–H groups in total. The van der Waals surface area contributed by atoms with Gasteiger partial charge in [0, 0.05) is 0 Å². The summed E-state index contributed by atoms with van der Waals surface area (Å²) >= 11 is 0. The third-order valence-corrected chi connectivity index (χ3v) is 20.5. The summed E-state index contributed by atoms with van der Waals surface area (Å²) in [4.78, 5) is 0. The van der Waals surface area contributed by atoms with Crippen LogP contribution in [0.2, 0.25) is 0 Å². The number of fused-ring (bicyclic) bond motifs is 6. The molecule has 10 fully saturated rings. The van der Waals surface area contributed by atoms with Gasteiger partial charge in [0.05, 0.1) is 0 Å². The Balaban J connectivity index is 0.932. The summed E-state index contributed by atoms with van der Waals surface area (Å²) in [6.45, 7) is 0.